The van der Waals surface area contributed by atoms with Gasteiger partial charge >= 0.3 is 6.18 Å². The second-order valence-corrected chi connectivity index (χ2v) is 7.57. The fourth-order valence-electron chi connectivity index (χ4n) is 2.91. The smallest absolute Gasteiger partial charge is 0.418 e. The second-order valence-electron chi connectivity index (χ2n) is 6.01. The van der Waals surface area contributed by atoms with E-state index in [2.05, 4.69) is 0 Å². The first-order valence-corrected chi connectivity index (χ1v) is 9.42. The Morgan fingerprint density at radius 3 is 2.30 bits per heavy atom. The van der Waals surface area contributed by atoms with Crippen molar-refractivity contribution in [1.82, 2.24) is 4.90 Å². The molecule has 0 saturated carbocycles. The van der Waals surface area contributed by atoms with Gasteiger partial charge in [-0.25, -0.2) is 13.6 Å². The van der Waals surface area contributed by atoms with Gasteiger partial charge in [0.25, 0.3) is 5.91 Å². The van der Waals surface area contributed by atoms with Crippen molar-refractivity contribution in [2.45, 2.75) is 11.1 Å². The van der Waals surface area contributed by atoms with Crippen molar-refractivity contribution in [2.75, 3.05) is 31.1 Å². The van der Waals surface area contributed by atoms with Crippen LogP contribution in [-0.4, -0.2) is 45.4 Å². The van der Waals surface area contributed by atoms with Crippen LogP contribution in [0.5, 0.6) is 0 Å². The van der Waals surface area contributed by atoms with E-state index in [4.69, 9.17) is 9.56 Å². The average Bonchev–Trinajstić information content (AvgIpc) is 3.14. The maximum absolute atomic E-state index is 13.4. The lowest BCUT2D eigenvalue weighted by atomic mass is 10.1. The van der Waals surface area contributed by atoms with E-state index < -0.39 is 26.7 Å². The van der Waals surface area contributed by atoms with Gasteiger partial charge < -0.3 is 14.2 Å². The third-order valence-corrected chi connectivity index (χ3v) is 5.19. The predicted molar refractivity (Wildman–Crippen MR) is 89.6 cm³/mol. The minimum Gasteiger partial charge on any atom is -0.472 e. The summed E-state index contributed by atoms with van der Waals surface area (Å²) >= 11 is 0. The summed E-state index contributed by atoms with van der Waals surface area (Å²) in [7, 11) is -4.26. The molecule has 1 amide bonds. The zero-order valence-corrected chi connectivity index (χ0v) is 14.8. The van der Waals surface area contributed by atoms with Crippen LogP contribution in [0.15, 0.2) is 46.1 Å². The Morgan fingerprint density at radius 2 is 1.78 bits per heavy atom. The van der Waals surface area contributed by atoms with Crippen LogP contribution >= 0.6 is 0 Å². The molecule has 146 valence electrons. The lowest BCUT2D eigenvalue weighted by molar-refractivity contribution is -0.137. The Hall–Kier alpha value is -2.53. The summed E-state index contributed by atoms with van der Waals surface area (Å²) in [5.41, 5.74) is -0.856. The van der Waals surface area contributed by atoms with Gasteiger partial charge in [-0.2, -0.15) is 13.2 Å². The number of anilines is 1. The quantitative estimate of drug-likeness (QED) is 0.845. The zero-order chi connectivity index (χ0) is 19.8. The monoisotopic (exact) mass is 403 g/mol. The molecule has 2 heterocycles. The summed E-state index contributed by atoms with van der Waals surface area (Å²) in [5.74, 6) is -0.260. The highest BCUT2D eigenvalue weighted by Gasteiger charge is 2.37. The molecule has 3 rings (SSSR count). The fourth-order valence-corrected chi connectivity index (χ4v) is 3.45. The average molecular weight is 403 g/mol. The molecule has 0 aliphatic carbocycles. The van der Waals surface area contributed by atoms with E-state index in [9.17, 15) is 26.4 Å². The molecule has 7 nitrogen and oxygen atoms in total. The van der Waals surface area contributed by atoms with Crippen molar-refractivity contribution in [3.63, 3.8) is 0 Å². The molecule has 1 aliphatic rings. The Morgan fingerprint density at radius 1 is 1.11 bits per heavy atom. The SMILES string of the molecule is NS(=O)(=O)c1ccc(N2CCN(C(=O)c3ccoc3)CC2)c(C(F)(F)F)c1. The number of carbonyl (C=O) groups excluding carboxylic acids is 1. The summed E-state index contributed by atoms with van der Waals surface area (Å²) in [6.45, 7) is 0.777. The van der Waals surface area contributed by atoms with Crippen molar-refractivity contribution in [1.29, 1.82) is 0 Å². The summed E-state index contributed by atoms with van der Waals surface area (Å²) in [6, 6.07) is 4.19. The van der Waals surface area contributed by atoms with Crippen molar-refractivity contribution in [3.05, 3.63) is 47.9 Å². The lowest BCUT2D eigenvalue weighted by Gasteiger charge is -2.37. The summed E-state index contributed by atoms with van der Waals surface area (Å²) < 4.78 is 67.9. The van der Waals surface area contributed by atoms with Gasteiger partial charge in [0.1, 0.15) is 6.26 Å². The number of benzene rings is 1. The largest absolute Gasteiger partial charge is 0.472 e. The molecule has 1 saturated heterocycles. The van der Waals surface area contributed by atoms with Gasteiger partial charge in [-0.15, -0.1) is 0 Å². The molecule has 27 heavy (non-hydrogen) atoms. The van der Waals surface area contributed by atoms with Gasteiger partial charge in [0, 0.05) is 31.9 Å². The number of hydrogen-bond donors (Lipinski definition) is 1. The first-order valence-electron chi connectivity index (χ1n) is 7.88. The van der Waals surface area contributed by atoms with Crippen LogP contribution < -0.4 is 10.0 Å². The molecule has 1 fully saturated rings. The number of furan rings is 1. The van der Waals surface area contributed by atoms with Crippen LogP contribution in [0.2, 0.25) is 0 Å². The number of nitrogens with two attached hydrogens (primary N) is 1. The highest BCUT2D eigenvalue weighted by Crippen LogP contribution is 2.38. The van der Waals surface area contributed by atoms with E-state index in [0.717, 1.165) is 12.1 Å². The Balaban J connectivity index is 1.82. The van der Waals surface area contributed by atoms with Crippen LogP contribution in [-0.2, 0) is 16.2 Å². The van der Waals surface area contributed by atoms with Crippen LogP contribution in [0.3, 0.4) is 0 Å². The lowest BCUT2D eigenvalue weighted by Crippen LogP contribution is -2.49. The van der Waals surface area contributed by atoms with Crippen molar-refractivity contribution >= 4 is 21.6 Å². The van der Waals surface area contributed by atoms with Gasteiger partial charge in [-0.1, -0.05) is 0 Å². The molecule has 1 aliphatic heterocycles. The minimum atomic E-state index is -4.75. The standard InChI is InChI=1S/C16H16F3N3O4S/c17-16(18,19)13-9-12(27(20,24)25)1-2-14(13)21-4-6-22(7-5-21)15(23)11-3-8-26-10-11/h1-3,8-10H,4-7H2,(H2,20,24,25). The molecule has 0 unspecified atom stereocenters. The highest BCUT2D eigenvalue weighted by molar-refractivity contribution is 7.89. The number of nitrogens with zero attached hydrogens (tertiary/aromatic N) is 2. The highest BCUT2D eigenvalue weighted by atomic mass is 32.2. The molecule has 0 atom stereocenters. The predicted octanol–water partition coefficient (Wildman–Crippen LogP) is 1.91. The first kappa shape index (κ1) is 19.2. The normalized spacial score (nSPS) is 15.9. The molecule has 2 aromatic rings. The van der Waals surface area contributed by atoms with Crippen molar-refractivity contribution < 1.29 is 30.8 Å². The minimum absolute atomic E-state index is 0.148. The van der Waals surface area contributed by atoms with Crippen molar-refractivity contribution in [3.8, 4) is 0 Å². The molecule has 11 heteroatoms. The van der Waals surface area contributed by atoms with Crippen molar-refractivity contribution in [2.24, 2.45) is 5.14 Å². The summed E-state index contributed by atoms with van der Waals surface area (Å²) in [4.78, 5) is 14.7. The first-order chi connectivity index (χ1) is 12.6. The van der Waals surface area contributed by atoms with Gasteiger partial charge in [0.05, 0.1) is 22.3 Å². The molecular weight excluding hydrogens is 387 g/mol. The van der Waals surface area contributed by atoms with Crippen LogP contribution in [0, 0.1) is 0 Å². The third-order valence-electron chi connectivity index (χ3n) is 4.28. The molecule has 1 aromatic carbocycles. The number of rotatable bonds is 3. The molecule has 0 bridgehead atoms. The van der Waals surface area contributed by atoms with Gasteiger partial charge in [0.15, 0.2) is 0 Å². The number of piperazine rings is 1. The number of primary sulfonamides is 1. The van der Waals surface area contributed by atoms with Crippen LogP contribution in [0.1, 0.15) is 15.9 Å². The van der Waals surface area contributed by atoms with Gasteiger partial charge in [-0.05, 0) is 24.3 Å². The van der Waals surface area contributed by atoms with E-state index in [-0.39, 0.29) is 37.8 Å². The van der Waals surface area contributed by atoms with E-state index in [1.165, 1.54) is 28.4 Å². The van der Waals surface area contributed by atoms with Gasteiger partial charge in [-0.3, -0.25) is 4.79 Å². The van der Waals surface area contributed by atoms with E-state index >= 15 is 0 Å². The Bertz CT molecular complexity index is 934. The molecular formula is C16H16F3N3O4S. The zero-order valence-electron chi connectivity index (χ0n) is 13.9. The summed E-state index contributed by atoms with van der Waals surface area (Å²) in [6.07, 6.45) is -2.08. The van der Waals surface area contributed by atoms with E-state index in [1.807, 2.05) is 0 Å². The summed E-state index contributed by atoms with van der Waals surface area (Å²) in [5, 5.41) is 4.93. The van der Waals surface area contributed by atoms with Gasteiger partial charge in [0.2, 0.25) is 10.0 Å². The van der Waals surface area contributed by atoms with Crippen LogP contribution in [0.25, 0.3) is 0 Å². The number of sulfonamides is 1. The molecule has 2 N–H and O–H groups in total. The fraction of sp³-hybridized carbons (Fsp3) is 0.312. The maximum Gasteiger partial charge on any atom is 0.418 e. The second kappa shape index (κ2) is 6.89. The molecule has 0 radical (unpaired) electrons. The number of halogens is 3. The maximum atomic E-state index is 13.4. The molecule has 1 aromatic heterocycles. The Labute approximate surface area is 153 Å². The van der Waals surface area contributed by atoms with E-state index in [0.29, 0.717) is 11.6 Å². The number of amides is 1. The Kier molecular flexibility index (Phi) is 4.91. The molecule has 0 spiro atoms. The van der Waals surface area contributed by atoms with Crippen LogP contribution in [0.4, 0.5) is 18.9 Å². The third kappa shape index (κ3) is 4.08. The topological polar surface area (TPSA) is 96.9 Å². The van der Waals surface area contributed by atoms with E-state index in [1.54, 1.807) is 0 Å². The number of alkyl halides is 3. The number of carbonyl (C=O) groups is 1. The number of hydrogen-bond acceptors (Lipinski definition) is 5.